The van der Waals surface area contributed by atoms with E-state index in [1.807, 2.05) is 6.92 Å². The molecule has 2 aromatic rings. The molecule has 0 saturated carbocycles. The number of imide groups is 1. The quantitative estimate of drug-likeness (QED) is 0.486. The molecule has 1 aromatic heterocycles. The Labute approximate surface area is 220 Å². The topological polar surface area (TPSA) is 115 Å². The number of carbonyl (C=O) groups is 3. The molecular formula is C27H33ClN2O7. The van der Waals surface area contributed by atoms with Crippen LogP contribution in [0.4, 0.5) is 15.3 Å². The number of aliphatic carboxylic acids is 1. The second-order valence-corrected chi connectivity index (χ2v) is 11.5. The van der Waals surface area contributed by atoms with Crippen molar-refractivity contribution in [3.05, 3.63) is 51.4 Å². The number of ether oxygens (including phenoxy) is 2. The average molecular weight is 533 g/mol. The number of anilines is 1. The fraction of sp³-hybridized carbons (Fsp3) is 0.481. The molecule has 0 bridgehead atoms. The number of halogens is 1. The van der Waals surface area contributed by atoms with Gasteiger partial charge in [0.2, 0.25) is 0 Å². The fourth-order valence-electron chi connectivity index (χ4n) is 4.31. The summed E-state index contributed by atoms with van der Waals surface area (Å²) in [6.45, 7) is 12.0. The van der Waals surface area contributed by atoms with Gasteiger partial charge in [0.25, 0.3) is 5.56 Å². The number of nitrogens with zero attached hydrogens (tertiary/aromatic N) is 2. The van der Waals surface area contributed by atoms with Gasteiger partial charge in [0.15, 0.2) is 0 Å². The van der Waals surface area contributed by atoms with Gasteiger partial charge in [-0.25, -0.2) is 14.4 Å². The molecule has 2 atom stereocenters. The van der Waals surface area contributed by atoms with Gasteiger partial charge in [-0.05, 0) is 84.2 Å². The summed E-state index contributed by atoms with van der Waals surface area (Å²) in [6.07, 6.45) is -0.979. The molecule has 0 radical (unpaired) electrons. The van der Waals surface area contributed by atoms with Gasteiger partial charge < -0.3 is 14.6 Å². The van der Waals surface area contributed by atoms with Crippen LogP contribution in [0.25, 0.3) is 11.1 Å². The van der Waals surface area contributed by atoms with E-state index >= 15 is 0 Å². The molecule has 0 spiro atoms. The number of amides is 2. The van der Waals surface area contributed by atoms with Gasteiger partial charge >= 0.3 is 18.2 Å². The third kappa shape index (κ3) is 6.33. The van der Waals surface area contributed by atoms with Crippen LogP contribution in [-0.4, -0.2) is 39.0 Å². The molecule has 1 aliphatic heterocycles. The lowest BCUT2D eigenvalue weighted by Gasteiger charge is -2.29. The number of pyridine rings is 1. The highest BCUT2D eigenvalue weighted by Crippen LogP contribution is 2.41. The standard InChI is InChI=1S/C27H33ClN2O7/c1-8-15-11-21(23(32)33)29-20(15)12-16(13-22(29)31)18-14-17(28)9-10-19(18)30(24(34)36-26(2,3)4)25(35)37-27(5,6)7/h9-10,12-15,21H,8,11H2,1-7H3,(H,32,33)/t15?,21-/m0/s1. The van der Waals surface area contributed by atoms with Crippen molar-refractivity contribution in [2.75, 3.05) is 4.90 Å². The highest BCUT2D eigenvalue weighted by molar-refractivity contribution is 6.31. The number of fused-ring (bicyclic) bond motifs is 1. The molecule has 37 heavy (non-hydrogen) atoms. The Morgan fingerprint density at radius 1 is 1.03 bits per heavy atom. The van der Waals surface area contributed by atoms with Crippen molar-refractivity contribution in [1.29, 1.82) is 0 Å². The van der Waals surface area contributed by atoms with E-state index in [4.69, 9.17) is 21.1 Å². The normalized spacial score (nSPS) is 17.2. The smallest absolute Gasteiger partial charge is 0.424 e. The third-order valence-corrected chi connectivity index (χ3v) is 6.01. The van der Waals surface area contributed by atoms with Crippen molar-refractivity contribution in [2.24, 2.45) is 0 Å². The molecule has 3 rings (SSSR count). The molecule has 10 heteroatoms. The molecule has 200 valence electrons. The first-order valence-corrected chi connectivity index (χ1v) is 12.5. The zero-order chi connectivity index (χ0) is 27.9. The van der Waals surface area contributed by atoms with E-state index in [-0.39, 0.29) is 11.6 Å². The van der Waals surface area contributed by atoms with E-state index in [0.717, 1.165) is 4.90 Å². The number of carboxylic acids is 1. The van der Waals surface area contributed by atoms with Crippen LogP contribution in [0.15, 0.2) is 35.1 Å². The van der Waals surface area contributed by atoms with Gasteiger partial charge in [-0.2, -0.15) is 4.90 Å². The zero-order valence-corrected chi connectivity index (χ0v) is 22.9. The summed E-state index contributed by atoms with van der Waals surface area (Å²) < 4.78 is 12.3. The molecule has 1 aliphatic rings. The first-order chi connectivity index (χ1) is 17.0. The Bertz CT molecular complexity index is 1260. The van der Waals surface area contributed by atoms with Gasteiger partial charge in [0, 0.05) is 28.3 Å². The van der Waals surface area contributed by atoms with Crippen molar-refractivity contribution < 1.29 is 29.0 Å². The van der Waals surface area contributed by atoms with E-state index in [2.05, 4.69) is 0 Å². The fourth-order valence-corrected chi connectivity index (χ4v) is 4.48. The summed E-state index contributed by atoms with van der Waals surface area (Å²) in [5, 5.41) is 9.97. The summed E-state index contributed by atoms with van der Waals surface area (Å²) >= 11 is 6.31. The number of aromatic nitrogens is 1. The molecule has 1 N–H and O–H groups in total. The van der Waals surface area contributed by atoms with Crippen LogP contribution in [0.5, 0.6) is 0 Å². The van der Waals surface area contributed by atoms with Crippen LogP contribution < -0.4 is 10.5 Å². The largest absolute Gasteiger partial charge is 0.480 e. The van der Waals surface area contributed by atoms with Gasteiger partial charge in [-0.15, -0.1) is 0 Å². The maximum Gasteiger partial charge on any atom is 0.424 e. The van der Waals surface area contributed by atoms with Crippen LogP contribution >= 0.6 is 11.6 Å². The van der Waals surface area contributed by atoms with E-state index < -0.39 is 41.0 Å². The third-order valence-electron chi connectivity index (χ3n) is 5.78. The van der Waals surface area contributed by atoms with Crippen LogP contribution in [0.2, 0.25) is 5.02 Å². The van der Waals surface area contributed by atoms with Crippen molar-refractivity contribution in [1.82, 2.24) is 4.57 Å². The number of carbonyl (C=O) groups excluding carboxylic acids is 2. The Kier molecular flexibility index (Phi) is 7.79. The Morgan fingerprint density at radius 2 is 1.59 bits per heavy atom. The predicted molar refractivity (Wildman–Crippen MR) is 140 cm³/mol. The monoisotopic (exact) mass is 532 g/mol. The lowest BCUT2D eigenvalue weighted by molar-refractivity contribution is -0.140. The van der Waals surface area contributed by atoms with Crippen molar-refractivity contribution in [3.63, 3.8) is 0 Å². The minimum atomic E-state index is -1.07. The van der Waals surface area contributed by atoms with E-state index in [9.17, 15) is 24.3 Å². The van der Waals surface area contributed by atoms with E-state index in [1.165, 1.54) is 28.8 Å². The number of rotatable bonds is 4. The van der Waals surface area contributed by atoms with Gasteiger partial charge in [-0.3, -0.25) is 9.36 Å². The van der Waals surface area contributed by atoms with Crippen LogP contribution in [0.3, 0.4) is 0 Å². The Morgan fingerprint density at radius 3 is 2.08 bits per heavy atom. The maximum atomic E-state index is 13.3. The van der Waals surface area contributed by atoms with Gasteiger partial charge in [0.05, 0.1) is 5.69 Å². The van der Waals surface area contributed by atoms with Crippen LogP contribution in [-0.2, 0) is 14.3 Å². The van der Waals surface area contributed by atoms with E-state index in [0.29, 0.717) is 34.7 Å². The number of benzene rings is 1. The molecule has 1 unspecified atom stereocenters. The van der Waals surface area contributed by atoms with Gasteiger partial charge in [-0.1, -0.05) is 18.5 Å². The SMILES string of the molecule is CCC1C[C@@H](C(=O)O)n2c1cc(-c1cc(Cl)ccc1N(C(=O)OC(C)(C)C)C(=O)OC(C)(C)C)cc2=O. The van der Waals surface area contributed by atoms with Crippen molar-refractivity contribution in [3.8, 4) is 11.1 Å². The summed E-state index contributed by atoms with van der Waals surface area (Å²) in [5.41, 5.74) is -0.924. The van der Waals surface area contributed by atoms with Gasteiger partial charge in [0.1, 0.15) is 17.2 Å². The zero-order valence-electron chi connectivity index (χ0n) is 22.1. The number of hydrogen-bond donors (Lipinski definition) is 1. The van der Waals surface area contributed by atoms with Crippen LogP contribution in [0, 0.1) is 0 Å². The lowest BCUT2D eigenvalue weighted by atomic mass is 9.96. The summed E-state index contributed by atoms with van der Waals surface area (Å²) in [7, 11) is 0. The molecule has 0 fully saturated rings. The van der Waals surface area contributed by atoms with Crippen molar-refractivity contribution >= 4 is 35.4 Å². The van der Waals surface area contributed by atoms with E-state index in [1.54, 1.807) is 47.6 Å². The molecular weight excluding hydrogens is 500 g/mol. The molecule has 0 aliphatic carbocycles. The highest BCUT2D eigenvalue weighted by Gasteiger charge is 2.37. The molecule has 0 saturated heterocycles. The summed E-state index contributed by atoms with van der Waals surface area (Å²) in [4.78, 5) is 52.3. The minimum absolute atomic E-state index is 0.109. The first-order valence-electron chi connectivity index (χ1n) is 12.1. The summed E-state index contributed by atoms with van der Waals surface area (Å²) in [6, 6.07) is 6.58. The molecule has 2 amide bonds. The first kappa shape index (κ1) is 28.2. The second-order valence-electron chi connectivity index (χ2n) is 11.0. The molecule has 9 nitrogen and oxygen atoms in total. The second kappa shape index (κ2) is 10.2. The number of carboxylic acid groups (broad SMARTS) is 1. The van der Waals surface area contributed by atoms with Crippen molar-refractivity contribution in [2.45, 2.75) is 84.5 Å². The predicted octanol–water partition coefficient (Wildman–Crippen LogP) is 6.37. The maximum absolute atomic E-state index is 13.3. The summed E-state index contributed by atoms with van der Waals surface area (Å²) in [5.74, 6) is -1.22. The highest BCUT2D eigenvalue weighted by atomic mass is 35.5. The lowest BCUT2D eigenvalue weighted by Crippen LogP contribution is -2.44. The van der Waals surface area contributed by atoms with Crippen LogP contribution in [0.1, 0.15) is 79.0 Å². The Balaban J connectivity index is 2.24. The minimum Gasteiger partial charge on any atom is -0.480 e. The Hall–Kier alpha value is -3.33. The average Bonchev–Trinajstić information content (AvgIpc) is 3.12. The molecule has 2 heterocycles. The number of hydrogen-bond acceptors (Lipinski definition) is 6. The molecule has 1 aromatic carbocycles.